The Morgan fingerprint density at radius 3 is 2.60 bits per heavy atom. The van der Waals surface area contributed by atoms with Crippen LogP contribution in [0.1, 0.15) is 60.4 Å². The van der Waals surface area contributed by atoms with Crippen molar-refractivity contribution in [2.45, 2.75) is 51.7 Å². The molecule has 0 bridgehead atoms. The number of aromatic nitrogens is 1. The predicted molar refractivity (Wildman–Crippen MR) is 97.4 cm³/mol. The van der Waals surface area contributed by atoms with Crippen LogP contribution in [0.5, 0.6) is 0 Å². The SMILES string of the molecule is Cc1c(C(=O)N[C@@H]2CCC(=O)N[C@H]2c2ccccc2)ccn1C(C)C. The molecule has 2 amide bonds. The molecule has 25 heavy (non-hydrogen) atoms. The Kier molecular flexibility index (Phi) is 4.93. The number of carbonyl (C=O) groups excluding carboxylic acids is 2. The van der Waals surface area contributed by atoms with Gasteiger partial charge in [0.2, 0.25) is 5.91 Å². The Balaban J connectivity index is 1.80. The van der Waals surface area contributed by atoms with Crippen LogP contribution in [0, 0.1) is 6.92 Å². The molecule has 3 rings (SSSR count). The van der Waals surface area contributed by atoms with Crippen molar-refractivity contribution in [2.24, 2.45) is 0 Å². The van der Waals surface area contributed by atoms with Crippen molar-refractivity contribution in [1.82, 2.24) is 15.2 Å². The summed E-state index contributed by atoms with van der Waals surface area (Å²) in [6.45, 7) is 6.15. The lowest BCUT2D eigenvalue weighted by molar-refractivity contribution is -0.123. The second kappa shape index (κ2) is 7.13. The summed E-state index contributed by atoms with van der Waals surface area (Å²) in [5.74, 6) is -0.0551. The summed E-state index contributed by atoms with van der Waals surface area (Å²) in [7, 11) is 0. The molecular weight excluding hydrogens is 314 g/mol. The highest BCUT2D eigenvalue weighted by molar-refractivity contribution is 5.95. The molecule has 2 heterocycles. The molecule has 0 radical (unpaired) electrons. The number of benzene rings is 1. The zero-order chi connectivity index (χ0) is 18.0. The molecule has 0 spiro atoms. The third-order valence-corrected chi connectivity index (χ3v) is 4.86. The number of nitrogens with zero attached hydrogens (tertiary/aromatic N) is 1. The van der Waals surface area contributed by atoms with Gasteiger partial charge in [0.05, 0.1) is 17.6 Å². The summed E-state index contributed by atoms with van der Waals surface area (Å²) < 4.78 is 2.09. The lowest BCUT2D eigenvalue weighted by Crippen LogP contribution is -2.50. The molecule has 1 aromatic heterocycles. The summed E-state index contributed by atoms with van der Waals surface area (Å²) in [5.41, 5.74) is 2.67. The van der Waals surface area contributed by atoms with Gasteiger partial charge in [-0.25, -0.2) is 0 Å². The molecule has 1 aliphatic rings. The number of hydrogen-bond acceptors (Lipinski definition) is 2. The molecule has 1 saturated heterocycles. The molecular formula is C20H25N3O2. The monoisotopic (exact) mass is 339 g/mol. The van der Waals surface area contributed by atoms with Crippen molar-refractivity contribution in [3.05, 3.63) is 59.4 Å². The van der Waals surface area contributed by atoms with Crippen molar-refractivity contribution in [1.29, 1.82) is 0 Å². The van der Waals surface area contributed by atoms with Gasteiger partial charge in [0.15, 0.2) is 0 Å². The normalized spacial score (nSPS) is 20.4. The molecule has 2 atom stereocenters. The molecule has 0 unspecified atom stereocenters. The van der Waals surface area contributed by atoms with Crippen LogP contribution in [0.3, 0.4) is 0 Å². The van der Waals surface area contributed by atoms with Gasteiger partial charge in [-0.05, 0) is 38.8 Å². The van der Waals surface area contributed by atoms with Crippen LogP contribution >= 0.6 is 0 Å². The summed E-state index contributed by atoms with van der Waals surface area (Å²) >= 11 is 0. The van der Waals surface area contributed by atoms with E-state index in [0.717, 1.165) is 11.3 Å². The van der Waals surface area contributed by atoms with Crippen LogP contribution < -0.4 is 10.6 Å². The summed E-state index contributed by atoms with van der Waals surface area (Å²) in [4.78, 5) is 24.6. The Morgan fingerprint density at radius 1 is 1.24 bits per heavy atom. The second-order valence-corrected chi connectivity index (χ2v) is 6.89. The van der Waals surface area contributed by atoms with E-state index in [1.54, 1.807) is 0 Å². The average molecular weight is 339 g/mol. The summed E-state index contributed by atoms with van der Waals surface area (Å²) in [5, 5.41) is 6.15. The van der Waals surface area contributed by atoms with Crippen LogP contribution in [0.15, 0.2) is 42.6 Å². The standard InChI is InChI=1S/C20H25N3O2/c1-13(2)23-12-11-16(14(23)3)20(25)21-17-9-10-18(24)22-19(17)15-7-5-4-6-8-15/h4-8,11-13,17,19H,9-10H2,1-3H3,(H,21,25)(H,22,24)/t17-,19+/m1/s1. The molecule has 1 fully saturated rings. The van der Waals surface area contributed by atoms with E-state index in [-0.39, 0.29) is 23.9 Å². The Hall–Kier alpha value is -2.56. The van der Waals surface area contributed by atoms with E-state index in [1.807, 2.05) is 49.5 Å². The van der Waals surface area contributed by atoms with E-state index in [2.05, 4.69) is 29.0 Å². The van der Waals surface area contributed by atoms with Gasteiger partial charge in [0, 0.05) is 24.4 Å². The zero-order valence-electron chi connectivity index (χ0n) is 15.0. The molecule has 2 N–H and O–H groups in total. The van der Waals surface area contributed by atoms with E-state index < -0.39 is 0 Å². The van der Waals surface area contributed by atoms with Gasteiger partial charge in [-0.1, -0.05) is 30.3 Å². The first-order valence-corrected chi connectivity index (χ1v) is 8.80. The van der Waals surface area contributed by atoms with Crippen LogP contribution in [0.2, 0.25) is 0 Å². The first-order chi connectivity index (χ1) is 12.0. The smallest absolute Gasteiger partial charge is 0.253 e. The van der Waals surface area contributed by atoms with E-state index in [1.165, 1.54) is 0 Å². The molecule has 2 aromatic rings. The zero-order valence-corrected chi connectivity index (χ0v) is 15.0. The van der Waals surface area contributed by atoms with Crippen LogP contribution in [0.25, 0.3) is 0 Å². The number of rotatable bonds is 4. The van der Waals surface area contributed by atoms with Gasteiger partial charge in [-0.2, -0.15) is 0 Å². The lowest BCUT2D eigenvalue weighted by Gasteiger charge is -2.33. The van der Waals surface area contributed by atoms with Crippen molar-refractivity contribution in [2.75, 3.05) is 0 Å². The molecule has 0 saturated carbocycles. The molecule has 132 valence electrons. The Morgan fingerprint density at radius 2 is 1.96 bits per heavy atom. The number of nitrogens with one attached hydrogen (secondary N) is 2. The minimum absolute atomic E-state index is 0.0292. The quantitative estimate of drug-likeness (QED) is 0.899. The molecule has 5 nitrogen and oxygen atoms in total. The van der Waals surface area contributed by atoms with Gasteiger partial charge in [-0.15, -0.1) is 0 Å². The Bertz CT molecular complexity index is 765. The number of hydrogen-bond donors (Lipinski definition) is 2. The van der Waals surface area contributed by atoms with Crippen molar-refractivity contribution in [3.8, 4) is 0 Å². The van der Waals surface area contributed by atoms with E-state index in [4.69, 9.17) is 0 Å². The van der Waals surface area contributed by atoms with E-state index in [0.29, 0.717) is 24.4 Å². The van der Waals surface area contributed by atoms with Crippen molar-refractivity contribution in [3.63, 3.8) is 0 Å². The van der Waals surface area contributed by atoms with Gasteiger partial charge in [0.25, 0.3) is 5.91 Å². The third kappa shape index (κ3) is 3.60. The van der Waals surface area contributed by atoms with Crippen LogP contribution in [-0.4, -0.2) is 22.4 Å². The van der Waals surface area contributed by atoms with Gasteiger partial charge in [0.1, 0.15) is 0 Å². The maximum atomic E-state index is 12.8. The van der Waals surface area contributed by atoms with Crippen LogP contribution in [0.4, 0.5) is 0 Å². The number of carbonyl (C=O) groups is 2. The topological polar surface area (TPSA) is 63.1 Å². The molecule has 0 aliphatic carbocycles. The maximum absolute atomic E-state index is 12.8. The fourth-order valence-electron chi connectivity index (χ4n) is 3.50. The molecule has 5 heteroatoms. The minimum Gasteiger partial charge on any atom is -0.348 e. The van der Waals surface area contributed by atoms with Gasteiger partial charge < -0.3 is 15.2 Å². The highest BCUT2D eigenvalue weighted by Crippen LogP contribution is 2.25. The lowest BCUT2D eigenvalue weighted by atomic mass is 9.91. The van der Waals surface area contributed by atoms with E-state index >= 15 is 0 Å². The fourth-order valence-corrected chi connectivity index (χ4v) is 3.50. The van der Waals surface area contributed by atoms with Gasteiger partial charge >= 0.3 is 0 Å². The Labute approximate surface area is 148 Å². The number of piperidine rings is 1. The van der Waals surface area contributed by atoms with Crippen LogP contribution in [-0.2, 0) is 4.79 Å². The largest absolute Gasteiger partial charge is 0.348 e. The first kappa shape index (κ1) is 17.3. The van der Waals surface area contributed by atoms with Gasteiger partial charge in [-0.3, -0.25) is 9.59 Å². The maximum Gasteiger partial charge on any atom is 0.253 e. The third-order valence-electron chi connectivity index (χ3n) is 4.86. The van der Waals surface area contributed by atoms with Crippen molar-refractivity contribution >= 4 is 11.8 Å². The molecule has 1 aliphatic heterocycles. The predicted octanol–water partition coefficient (Wildman–Crippen LogP) is 3.13. The molecule has 1 aromatic carbocycles. The summed E-state index contributed by atoms with van der Waals surface area (Å²) in [6, 6.07) is 11.7. The number of amides is 2. The highest BCUT2D eigenvalue weighted by Gasteiger charge is 2.31. The fraction of sp³-hybridized carbons (Fsp3) is 0.400. The minimum atomic E-state index is -0.195. The average Bonchev–Trinajstić information content (AvgIpc) is 2.99. The highest BCUT2D eigenvalue weighted by atomic mass is 16.2. The second-order valence-electron chi connectivity index (χ2n) is 6.89. The summed E-state index contributed by atoms with van der Waals surface area (Å²) in [6.07, 6.45) is 3.02. The first-order valence-electron chi connectivity index (χ1n) is 8.80. The van der Waals surface area contributed by atoms with E-state index in [9.17, 15) is 9.59 Å². The van der Waals surface area contributed by atoms with Crippen molar-refractivity contribution < 1.29 is 9.59 Å².